The number of hydrogen-bond donors (Lipinski definition) is 2. The zero-order valence-electron chi connectivity index (χ0n) is 10.7. The van der Waals surface area contributed by atoms with Gasteiger partial charge in [0.15, 0.2) is 0 Å². The van der Waals surface area contributed by atoms with Crippen molar-refractivity contribution < 1.29 is 8.42 Å². The normalized spacial score (nSPS) is 22.8. The molecule has 102 valence electrons. The smallest absolute Gasteiger partial charge is 0.279 e. The zero-order chi connectivity index (χ0) is 12.7. The summed E-state index contributed by atoms with van der Waals surface area (Å²) in [4.78, 5) is 0. The van der Waals surface area contributed by atoms with Crippen LogP contribution in [0.4, 0.5) is 0 Å². The van der Waals surface area contributed by atoms with Gasteiger partial charge in [-0.05, 0) is 39.2 Å². The summed E-state index contributed by atoms with van der Waals surface area (Å²) in [6.45, 7) is 3.83. The Hall–Kier alpha value is -0.170. The van der Waals surface area contributed by atoms with Crippen molar-refractivity contribution in [1.82, 2.24) is 9.03 Å². The molecule has 0 aromatic heterocycles. The second-order valence-electron chi connectivity index (χ2n) is 4.70. The minimum atomic E-state index is -3.27. The highest BCUT2D eigenvalue weighted by molar-refractivity contribution is 7.87. The molecule has 0 spiro atoms. The van der Waals surface area contributed by atoms with Crippen molar-refractivity contribution in [2.75, 3.05) is 19.6 Å². The Morgan fingerprint density at radius 3 is 2.71 bits per heavy atom. The van der Waals surface area contributed by atoms with Gasteiger partial charge in [0.05, 0.1) is 0 Å². The van der Waals surface area contributed by atoms with Crippen LogP contribution in [0.5, 0.6) is 0 Å². The number of nitrogens with two attached hydrogens (primary N) is 1. The highest BCUT2D eigenvalue weighted by atomic mass is 32.2. The van der Waals surface area contributed by atoms with Crippen LogP contribution < -0.4 is 10.5 Å². The SMILES string of the molecule is CC1CCCCN1S(=O)(=O)NCCCCCN. The summed E-state index contributed by atoms with van der Waals surface area (Å²) < 4.78 is 28.3. The summed E-state index contributed by atoms with van der Waals surface area (Å²) in [5, 5.41) is 0. The van der Waals surface area contributed by atoms with Gasteiger partial charge in [-0.1, -0.05) is 12.8 Å². The lowest BCUT2D eigenvalue weighted by atomic mass is 10.1. The summed E-state index contributed by atoms with van der Waals surface area (Å²) >= 11 is 0. The second-order valence-corrected chi connectivity index (χ2v) is 6.41. The Balaban J connectivity index is 2.34. The van der Waals surface area contributed by atoms with E-state index in [2.05, 4.69) is 4.72 Å². The molecule has 1 saturated heterocycles. The monoisotopic (exact) mass is 263 g/mol. The van der Waals surface area contributed by atoms with Gasteiger partial charge in [0.25, 0.3) is 10.2 Å². The molecule has 1 fully saturated rings. The van der Waals surface area contributed by atoms with Crippen LogP contribution in [-0.4, -0.2) is 38.4 Å². The van der Waals surface area contributed by atoms with Gasteiger partial charge in [-0.15, -0.1) is 0 Å². The minimum absolute atomic E-state index is 0.130. The number of unbranched alkanes of at least 4 members (excludes halogenated alkanes) is 2. The topological polar surface area (TPSA) is 75.4 Å². The molecule has 0 amide bonds. The molecule has 17 heavy (non-hydrogen) atoms. The lowest BCUT2D eigenvalue weighted by Gasteiger charge is -2.32. The summed E-state index contributed by atoms with van der Waals surface area (Å²) in [5.74, 6) is 0. The molecular weight excluding hydrogens is 238 g/mol. The van der Waals surface area contributed by atoms with Gasteiger partial charge >= 0.3 is 0 Å². The maximum Gasteiger partial charge on any atom is 0.279 e. The van der Waals surface area contributed by atoms with E-state index < -0.39 is 10.2 Å². The predicted octanol–water partition coefficient (Wildman–Crippen LogP) is 0.824. The highest BCUT2D eigenvalue weighted by Gasteiger charge is 2.28. The molecule has 1 unspecified atom stereocenters. The summed E-state index contributed by atoms with van der Waals surface area (Å²) in [6, 6.07) is 0.130. The molecule has 6 heteroatoms. The zero-order valence-corrected chi connectivity index (χ0v) is 11.5. The fourth-order valence-electron chi connectivity index (χ4n) is 2.16. The van der Waals surface area contributed by atoms with Gasteiger partial charge < -0.3 is 5.73 Å². The van der Waals surface area contributed by atoms with Crippen molar-refractivity contribution in [3.05, 3.63) is 0 Å². The minimum Gasteiger partial charge on any atom is -0.330 e. The lowest BCUT2D eigenvalue weighted by Crippen LogP contribution is -2.48. The fraction of sp³-hybridized carbons (Fsp3) is 1.00. The first kappa shape index (κ1) is 14.9. The molecule has 1 aliphatic rings. The molecular formula is C11H25N3O2S. The molecule has 1 heterocycles. The van der Waals surface area contributed by atoms with Crippen molar-refractivity contribution in [3.8, 4) is 0 Å². The van der Waals surface area contributed by atoms with Crippen LogP contribution in [0.3, 0.4) is 0 Å². The highest BCUT2D eigenvalue weighted by Crippen LogP contribution is 2.18. The quantitative estimate of drug-likeness (QED) is 0.668. The van der Waals surface area contributed by atoms with Crippen LogP contribution >= 0.6 is 0 Å². The van der Waals surface area contributed by atoms with E-state index in [-0.39, 0.29) is 6.04 Å². The average molecular weight is 263 g/mol. The van der Waals surface area contributed by atoms with E-state index in [9.17, 15) is 8.42 Å². The average Bonchev–Trinajstić information content (AvgIpc) is 2.29. The van der Waals surface area contributed by atoms with Crippen molar-refractivity contribution in [2.45, 2.75) is 51.5 Å². The molecule has 0 saturated carbocycles. The second kappa shape index (κ2) is 7.31. The lowest BCUT2D eigenvalue weighted by molar-refractivity contribution is 0.265. The van der Waals surface area contributed by atoms with Crippen molar-refractivity contribution in [2.24, 2.45) is 5.73 Å². The predicted molar refractivity (Wildman–Crippen MR) is 69.8 cm³/mol. The first-order valence-corrected chi connectivity index (χ1v) is 7.98. The molecule has 0 bridgehead atoms. The first-order valence-electron chi connectivity index (χ1n) is 6.54. The first-order chi connectivity index (χ1) is 8.08. The third kappa shape index (κ3) is 4.91. The van der Waals surface area contributed by atoms with E-state index in [1.165, 1.54) is 0 Å². The molecule has 0 aromatic carbocycles. The summed E-state index contributed by atoms with van der Waals surface area (Å²) in [5.41, 5.74) is 5.38. The van der Waals surface area contributed by atoms with E-state index in [4.69, 9.17) is 5.73 Å². The number of hydrogen-bond acceptors (Lipinski definition) is 3. The Morgan fingerprint density at radius 1 is 1.29 bits per heavy atom. The number of piperidine rings is 1. The molecule has 1 rings (SSSR count). The van der Waals surface area contributed by atoms with Crippen LogP contribution in [0.2, 0.25) is 0 Å². The van der Waals surface area contributed by atoms with Crippen LogP contribution in [-0.2, 0) is 10.2 Å². The number of nitrogens with zero attached hydrogens (tertiary/aromatic N) is 1. The Labute approximate surface area is 105 Å². The van der Waals surface area contributed by atoms with Crippen molar-refractivity contribution in [1.29, 1.82) is 0 Å². The third-order valence-corrected chi connectivity index (χ3v) is 4.94. The van der Waals surface area contributed by atoms with Crippen LogP contribution in [0, 0.1) is 0 Å². The van der Waals surface area contributed by atoms with Gasteiger partial charge in [0, 0.05) is 19.1 Å². The summed E-state index contributed by atoms with van der Waals surface area (Å²) in [6.07, 6.45) is 5.87. The van der Waals surface area contributed by atoms with Gasteiger partial charge in [-0.2, -0.15) is 12.7 Å². The Bertz CT molecular complexity index is 306. The van der Waals surface area contributed by atoms with E-state index in [0.29, 0.717) is 19.6 Å². The van der Waals surface area contributed by atoms with Crippen LogP contribution in [0.15, 0.2) is 0 Å². The van der Waals surface area contributed by atoms with E-state index in [1.807, 2.05) is 6.92 Å². The molecule has 0 radical (unpaired) electrons. The molecule has 5 nitrogen and oxygen atoms in total. The van der Waals surface area contributed by atoms with Crippen molar-refractivity contribution >= 4 is 10.2 Å². The summed E-state index contributed by atoms with van der Waals surface area (Å²) in [7, 11) is -3.27. The number of nitrogens with one attached hydrogen (secondary N) is 1. The largest absolute Gasteiger partial charge is 0.330 e. The Morgan fingerprint density at radius 2 is 2.06 bits per heavy atom. The van der Waals surface area contributed by atoms with Crippen LogP contribution in [0.1, 0.15) is 45.4 Å². The van der Waals surface area contributed by atoms with Crippen molar-refractivity contribution in [3.63, 3.8) is 0 Å². The van der Waals surface area contributed by atoms with Gasteiger partial charge in [-0.25, -0.2) is 4.72 Å². The standard InChI is InChI=1S/C11H25N3O2S/c1-11-7-3-6-10-14(11)17(15,16)13-9-5-2-4-8-12/h11,13H,2-10,12H2,1H3. The number of rotatable bonds is 7. The van der Waals surface area contributed by atoms with E-state index in [1.54, 1.807) is 4.31 Å². The third-order valence-electron chi connectivity index (χ3n) is 3.22. The van der Waals surface area contributed by atoms with E-state index >= 15 is 0 Å². The molecule has 3 N–H and O–H groups in total. The molecule has 0 aromatic rings. The van der Waals surface area contributed by atoms with Crippen LogP contribution in [0.25, 0.3) is 0 Å². The fourth-order valence-corrected chi connectivity index (χ4v) is 3.68. The molecule has 1 atom stereocenters. The van der Waals surface area contributed by atoms with Gasteiger partial charge in [-0.3, -0.25) is 0 Å². The molecule has 0 aliphatic carbocycles. The maximum atomic E-state index is 12.0. The maximum absolute atomic E-state index is 12.0. The van der Waals surface area contributed by atoms with E-state index in [0.717, 1.165) is 38.5 Å². The van der Waals surface area contributed by atoms with Gasteiger partial charge in [0.2, 0.25) is 0 Å². The molecule has 1 aliphatic heterocycles. The Kier molecular flexibility index (Phi) is 6.40. The van der Waals surface area contributed by atoms with Gasteiger partial charge in [0.1, 0.15) is 0 Å².